The van der Waals surface area contributed by atoms with Crippen LogP contribution in [0.3, 0.4) is 0 Å². The van der Waals surface area contributed by atoms with Crippen LogP contribution in [0.5, 0.6) is 5.75 Å². The molecule has 3 rings (SSSR count). The third-order valence-electron chi connectivity index (χ3n) is 3.43. The molecule has 0 saturated carbocycles. The largest absolute Gasteiger partial charge is 0.493 e. The van der Waals surface area contributed by atoms with Crippen LogP contribution in [0.2, 0.25) is 5.02 Å². The molecule has 0 radical (unpaired) electrons. The fraction of sp³-hybridized carbons (Fsp3) is 0.188. The molecule has 1 aliphatic heterocycles. The highest BCUT2D eigenvalue weighted by Crippen LogP contribution is 2.27. The number of hydrogen-bond acceptors (Lipinski definition) is 3. The van der Waals surface area contributed by atoms with Crippen LogP contribution >= 0.6 is 11.6 Å². The van der Waals surface area contributed by atoms with Gasteiger partial charge in [0.2, 0.25) is 0 Å². The van der Waals surface area contributed by atoms with Crippen LogP contribution in [0.1, 0.15) is 27.9 Å². The number of rotatable bonds is 2. The monoisotopic (exact) mass is 287 g/mol. The van der Waals surface area contributed by atoms with Gasteiger partial charge in [-0.1, -0.05) is 11.6 Å². The van der Waals surface area contributed by atoms with Crippen molar-refractivity contribution >= 4 is 23.1 Å². The number of benzene rings is 2. The van der Waals surface area contributed by atoms with Crippen molar-refractivity contribution in [1.29, 1.82) is 0 Å². The number of ether oxygens (including phenoxy) is 1. The highest BCUT2D eigenvalue weighted by atomic mass is 35.5. The molecule has 0 atom stereocenters. The van der Waals surface area contributed by atoms with Gasteiger partial charge in [0.1, 0.15) is 5.75 Å². The van der Waals surface area contributed by atoms with Crippen molar-refractivity contribution in [2.75, 3.05) is 12.3 Å². The van der Waals surface area contributed by atoms with E-state index in [0.717, 1.165) is 30.8 Å². The molecule has 2 N–H and O–H groups in total. The summed E-state index contributed by atoms with van der Waals surface area (Å²) >= 11 is 5.96. The van der Waals surface area contributed by atoms with E-state index in [-0.39, 0.29) is 5.78 Å². The summed E-state index contributed by atoms with van der Waals surface area (Å²) < 4.78 is 5.55. The summed E-state index contributed by atoms with van der Waals surface area (Å²) in [4.78, 5) is 12.5. The van der Waals surface area contributed by atoms with Gasteiger partial charge in [0.15, 0.2) is 5.78 Å². The Morgan fingerprint density at radius 1 is 1.15 bits per heavy atom. The van der Waals surface area contributed by atoms with Gasteiger partial charge >= 0.3 is 0 Å². The van der Waals surface area contributed by atoms with E-state index in [1.165, 1.54) is 0 Å². The summed E-state index contributed by atoms with van der Waals surface area (Å²) in [6, 6.07) is 10.5. The molecule has 102 valence electrons. The normalized spacial score (nSPS) is 13.4. The number of hydrogen-bond donors (Lipinski definition) is 1. The second kappa shape index (κ2) is 5.17. The van der Waals surface area contributed by atoms with Gasteiger partial charge < -0.3 is 10.5 Å². The van der Waals surface area contributed by atoms with E-state index in [1.54, 1.807) is 24.3 Å². The van der Waals surface area contributed by atoms with Crippen molar-refractivity contribution in [2.45, 2.75) is 12.8 Å². The first-order valence-electron chi connectivity index (χ1n) is 6.50. The number of nitrogens with two attached hydrogens (primary N) is 1. The molecule has 0 saturated heterocycles. The van der Waals surface area contributed by atoms with Gasteiger partial charge in [-0.3, -0.25) is 4.79 Å². The molecule has 0 unspecified atom stereocenters. The fourth-order valence-corrected chi connectivity index (χ4v) is 2.52. The molecule has 1 heterocycles. The van der Waals surface area contributed by atoms with E-state index < -0.39 is 0 Å². The molecule has 0 amide bonds. The third kappa shape index (κ3) is 2.37. The minimum Gasteiger partial charge on any atom is -0.493 e. The van der Waals surface area contributed by atoms with Crippen molar-refractivity contribution in [3.63, 3.8) is 0 Å². The van der Waals surface area contributed by atoms with Gasteiger partial charge in [-0.25, -0.2) is 0 Å². The van der Waals surface area contributed by atoms with Crippen molar-refractivity contribution in [1.82, 2.24) is 0 Å². The van der Waals surface area contributed by atoms with Gasteiger partial charge in [0.05, 0.1) is 17.3 Å². The second-order valence-electron chi connectivity index (χ2n) is 4.84. The van der Waals surface area contributed by atoms with Crippen LogP contribution in [0.25, 0.3) is 0 Å². The van der Waals surface area contributed by atoms with Crippen LogP contribution in [0.4, 0.5) is 5.69 Å². The third-order valence-corrected chi connectivity index (χ3v) is 3.76. The molecule has 2 aromatic carbocycles. The number of ketones is 1. The van der Waals surface area contributed by atoms with Gasteiger partial charge in [-0.05, 0) is 54.8 Å². The molecule has 2 aromatic rings. The van der Waals surface area contributed by atoms with Gasteiger partial charge in [0, 0.05) is 11.1 Å². The summed E-state index contributed by atoms with van der Waals surface area (Å²) in [5.74, 6) is 0.823. The van der Waals surface area contributed by atoms with Crippen LogP contribution < -0.4 is 10.5 Å². The average Bonchev–Trinajstić information content (AvgIpc) is 2.49. The predicted molar refractivity (Wildman–Crippen MR) is 79.6 cm³/mol. The summed E-state index contributed by atoms with van der Waals surface area (Å²) in [5.41, 5.74) is 8.41. The topological polar surface area (TPSA) is 52.3 Å². The quantitative estimate of drug-likeness (QED) is 0.679. The zero-order valence-corrected chi connectivity index (χ0v) is 11.6. The Hall–Kier alpha value is -2.00. The minimum atomic E-state index is -0.0553. The Kier molecular flexibility index (Phi) is 3.36. The van der Waals surface area contributed by atoms with Crippen molar-refractivity contribution in [3.8, 4) is 5.75 Å². The Labute approximate surface area is 122 Å². The molecule has 0 aliphatic carbocycles. The lowest BCUT2D eigenvalue weighted by atomic mass is 9.98. The average molecular weight is 288 g/mol. The molecular weight excluding hydrogens is 274 g/mol. The van der Waals surface area contributed by atoms with Crippen LogP contribution in [-0.2, 0) is 6.42 Å². The van der Waals surface area contributed by atoms with Crippen molar-refractivity contribution in [3.05, 3.63) is 58.1 Å². The maximum atomic E-state index is 12.5. The predicted octanol–water partition coefficient (Wildman–Crippen LogP) is 3.48. The van der Waals surface area contributed by atoms with Crippen molar-refractivity contribution < 1.29 is 9.53 Å². The van der Waals surface area contributed by atoms with Gasteiger partial charge in [-0.2, -0.15) is 0 Å². The Morgan fingerprint density at radius 2 is 1.90 bits per heavy atom. The number of halogens is 1. The van der Waals surface area contributed by atoms with Gasteiger partial charge in [0.25, 0.3) is 0 Å². The molecule has 3 nitrogen and oxygen atoms in total. The first-order chi connectivity index (χ1) is 9.65. The summed E-state index contributed by atoms with van der Waals surface area (Å²) in [7, 11) is 0. The standard InChI is InChI=1S/C16H14ClNO2/c17-13-9-12(3-5-14(13)18)16(19)11-4-6-15-10(8-11)2-1-7-20-15/h3-6,8-9H,1-2,7,18H2. The number of aryl methyl sites for hydroxylation is 1. The number of fused-ring (bicyclic) bond motifs is 1. The SMILES string of the molecule is Nc1ccc(C(=O)c2ccc3c(c2)CCCO3)cc1Cl. The Balaban J connectivity index is 1.95. The van der Waals surface area contributed by atoms with Crippen LogP contribution in [-0.4, -0.2) is 12.4 Å². The Bertz CT molecular complexity index is 682. The molecular formula is C16H14ClNO2. The molecule has 20 heavy (non-hydrogen) atoms. The second-order valence-corrected chi connectivity index (χ2v) is 5.25. The summed E-state index contributed by atoms with van der Waals surface area (Å²) in [6.45, 7) is 0.744. The van der Waals surface area contributed by atoms with E-state index in [9.17, 15) is 4.79 Å². The van der Waals surface area contributed by atoms with Gasteiger partial charge in [-0.15, -0.1) is 0 Å². The lowest BCUT2D eigenvalue weighted by Crippen LogP contribution is -2.10. The smallest absolute Gasteiger partial charge is 0.193 e. The Morgan fingerprint density at radius 3 is 2.70 bits per heavy atom. The number of carbonyl (C=O) groups excluding carboxylic acids is 1. The van der Waals surface area contributed by atoms with Crippen molar-refractivity contribution in [2.24, 2.45) is 0 Å². The fourth-order valence-electron chi connectivity index (χ4n) is 2.34. The van der Waals surface area contributed by atoms with E-state index >= 15 is 0 Å². The molecule has 0 aromatic heterocycles. The van der Waals surface area contributed by atoms with E-state index in [1.807, 2.05) is 12.1 Å². The first-order valence-corrected chi connectivity index (χ1v) is 6.88. The van der Waals surface area contributed by atoms with E-state index in [0.29, 0.717) is 21.8 Å². The lowest BCUT2D eigenvalue weighted by Gasteiger charge is -2.17. The van der Waals surface area contributed by atoms with Crippen LogP contribution in [0.15, 0.2) is 36.4 Å². The molecule has 0 bridgehead atoms. The van der Waals surface area contributed by atoms with Crippen LogP contribution in [0, 0.1) is 0 Å². The number of anilines is 1. The highest BCUT2D eigenvalue weighted by Gasteiger charge is 2.15. The van der Waals surface area contributed by atoms with E-state index in [2.05, 4.69) is 0 Å². The number of nitrogen functional groups attached to an aromatic ring is 1. The molecule has 0 fully saturated rings. The van der Waals surface area contributed by atoms with E-state index in [4.69, 9.17) is 22.1 Å². The first kappa shape index (κ1) is 13.0. The molecule has 1 aliphatic rings. The minimum absolute atomic E-state index is 0.0553. The summed E-state index contributed by atoms with van der Waals surface area (Å²) in [5, 5.41) is 0.400. The maximum absolute atomic E-state index is 12.5. The molecule has 0 spiro atoms. The lowest BCUT2D eigenvalue weighted by molar-refractivity contribution is 0.103. The zero-order valence-electron chi connectivity index (χ0n) is 10.9. The zero-order chi connectivity index (χ0) is 14.1. The molecule has 4 heteroatoms. The maximum Gasteiger partial charge on any atom is 0.193 e. The number of carbonyl (C=O) groups is 1. The summed E-state index contributed by atoms with van der Waals surface area (Å²) in [6.07, 6.45) is 1.93. The highest BCUT2D eigenvalue weighted by molar-refractivity contribution is 6.33.